The third-order valence-electron chi connectivity index (χ3n) is 4.39. The molecule has 4 aromatic rings. The van der Waals surface area contributed by atoms with E-state index in [4.69, 9.17) is 23.2 Å². The number of aromatic nitrogens is 4. The molecule has 0 atom stereocenters. The molecule has 0 aliphatic heterocycles. The second-order valence-corrected chi connectivity index (χ2v) is 7.32. The fraction of sp³-hybridized carbons (Fsp3) is 0.0952. The summed E-state index contributed by atoms with van der Waals surface area (Å²) < 4.78 is 3.40. The summed E-state index contributed by atoms with van der Waals surface area (Å²) in [5, 5.41) is 12.8. The summed E-state index contributed by atoms with van der Waals surface area (Å²) in [6.07, 6.45) is 4.87. The van der Waals surface area contributed by atoms with E-state index in [1.165, 1.54) is 6.20 Å². The minimum atomic E-state index is -0.256. The van der Waals surface area contributed by atoms with Gasteiger partial charge in [0.25, 0.3) is 5.91 Å². The summed E-state index contributed by atoms with van der Waals surface area (Å²) in [5.74, 6) is 0.345. The van der Waals surface area contributed by atoms with Crippen LogP contribution in [0.2, 0.25) is 10.0 Å². The van der Waals surface area contributed by atoms with E-state index >= 15 is 0 Å². The first kappa shape index (κ1) is 19.2. The molecule has 2 heterocycles. The molecule has 0 bridgehead atoms. The van der Waals surface area contributed by atoms with Crippen molar-refractivity contribution in [3.63, 3.8) is 0 Å². The largest absolute Gasteiger partial charge is 0.307 e. The highest BCUT2D eigenvalue weighted by atomic mass is 35.5. The Morgan fingerprint density at radius 2 is 1.76 bits per heavy atom. The molecule has 146 valence electrons. The van der Waals surface area contributed by atoms with Crippen molar-refractivity contribution in [1.29, 1.82) is 0 Å². The molecule has 29 heavy (non-hydrogen) atoms. The van der Waals surface area contributed by atoms with E-state index in [0.717, 1.165) is 11.1 Å². The van der Waals surface area contributed by atoms with E-state index in [0.29, 0.717) is 34.5 Å². The third-order valence-corrected chi connectivity index (χ3v) is 5.01. The number of nitrogens with zero attached hydrogens (tertiary/aromatic N) is 4. The maximum atomic E-state index is 12.6. The minimum absolute atomic E-state index is 0.256. The molecule has 4 rings (SSSR count). The molecule has 0 aliphatic carbocycles. The molecule has 0 saturated heterocycles. The normalized spacial score (nSPS) is 10.8. The zero-order valence-corrected chi connectivity index (χ0v) is 16.8. The number of anilines is 1. The fourth-order valence-corrected chi connectivity index (χ4v) is 3.21. The van der Waals surface area contributed by atoms with Crippen LogP contribution in [0.4, 0.5) is 5.82 Å². The Bertz CT molecular complexity index is 1130. The van der Waals surface area contributed by atoms with E-state index in [1.54, 1.807) is 27.8 Å². The Morgan fingerprint density at radius 3 is 2.55 bits per heavy atom. The van der Waals surface area contributed by atoms with Gasteiger partial charge >= 0.3 is 0 Å². The Hall–Kier alpha value is -3.09. The lowest BCUT2D eigenvalue weighted by molar-refractivity contribution is 0.102. The molecule has 1 N–H and O–H groups in total. The summed E-state index contributed by atoms with van der Waals surface area (Å²) in [7, 11) is 0. The van der Waals surface area contributed by atoms with E-state index in [2.05, 4.69) is 15.5 Å². The molecule has 2 aromatic carbocycles. The molecule has 0 aliphatic rings. The average Bonchev–Trinajstić information content (AvgIpc) is 3.35. The number of halogens is 2. The number of hydrogen-bond acceptors (Lipinski definition) is 3. The zero-order valence-electron chi connectivity index (χ0n) is 15.3. The summed E-state index contributed by atoms with van der Waals surface area (Å²) in [5.41, 5.74) is 2.42. The lowest BCUT2D eigenvalue weighted by Crippen LogP contribution is -2.15. The minimum Gasteiger partial charge on any atom is -0.307 e. The maximum absolute atomic E-state index is 12.6. The van der Waals surface area contributed by atoms with Crippen molar-refractivity contribution < 1.29 is 4.79 Å². The first-order valence-corrected chi connectivity index (χ1v) is 9.67. The van der Waals surface area contributed by atoms with Gasteiger partial charge in [0.2, 0.25) is 0 Å². The number of hydrogen-bond donors (Lipinski definition) is 1. The number of benzene rings is 2. The summed E-state index contributed by atoms with van der Waals surface area (Å²) >= 11 is 12.1. The van der Waals surface area contributed by atoms with E-state index in [9.17, 15) is 4.79 Å². The van der Waals surface area contributed by atoms with Gasteiger partial charge in [-0.15, -0.1) is 0 Å². The maximum Gasteiger partial charge on any atom is 0.259 e. The second kappa shape index (κ2) is 8.51. The van der Waals surface area contributed by atoms with Crippen LogP contribution in [0.3, 0.4) is 0 Å². The Morgan fingerprint density at radius 1 is 0.966 bits per heavy atom. The SMILES string of the molecule is O=C(Nc1ccnn1Cc1ccc(Cl)cc1)c1cnn(Cc2ccccc2Cl)c1. The Balaban J connectivity index is 1.44. The number of nitrogens with one attached hydrogen (secondary N) is 1. The quantitative estimate of drug-likeness (QED) is 0.485. The first-order chi connectivity index (χ1) is 14.1. The fourth-order valence-electron chi connectivity index (χ4n) is 2.88. The number of carbonyl (C=O) groups excluding carboxylic acids is 1. The molecule has 0 radical (unpaired) electrons. The van der Waals surface area contributed by atoms with Gasteiger partial charge in [0.1, 0.15) is 5.82 Å². The lowest BCUT2D eigenvalue weighted by Gasteiger charge is -2.08. The number of amides is 1. The first-order valence-electron chi connectivity index (χ1n) is 8.92. The molecular weight excluding hydrogens is 409 g/mol. The molecule has 0 saturated carbocycles. The van der Waals surface area contributed by atoms with Crippen LogP contribution in [0.1, 0.15) is 21.5 Å². The van der Waals surface area contributed by atoms with Crippen molar-refractivity contribution in [2.24, 2.45) is 0 Å². The highest BCUT2D eigenvalue weighted by molar-refractivity contribution is 6.31. The molecule has 2 aromatic heterocycles. The predicted octanol–water partition coefficient (Wildman–Crippen LogP) is 4.74. The van der Waals surface area contributed by atoms with Gasteiger partial charge in [-0.1, -0.05) is 53.5 Å². The summed E-state index contributed by atoms with van der Waals surface area (Å²) in [6, 6.07) is 16.8. The van der Waals surface area contributed by atoms with Gasteiger partial charge in [0, 0.05) is 22.3 Å². The molecular formula is C21H17Cl2N5O. The predicted molar refractivity (Wildman–Crippen MR) is 114 cm³/mol. The van der Waals surface area contributed by atoms with Crippen LogP contribution in [0, 0.1) is 0 Å². The Labute approximate surface area is 177 Å². The molecule has 0 unspecified atom stereocenters. The van der Waals surface area contributed by atoms with Crippen LogP contribution >= 0.6 is 23.2 Å². The number of rotatable bonds is 6. The van der Waals surface area contributed by atoms with Crippen LogP contribution in [-0.2, 0) is 13.1 Å². The van der Waals surface area contributed by atoms with Crippen molar-refractivity contribution in [3.05, 3.63) is 99.9 Å². The van der Waals surface area contributed by atoms with Gasteiger partial charge in [0.05, 0.1) is 31.0 Å². The van der Waals surface area contributed by atoms with Gasteiger partial charge in [0.15, 0.2) is 0 Å². The molecule has 0 fully saturated rings. The summed E-state index contributed by atoms with van der Waals surface area (Å²) in [6.45, 7) is 1.01. The van der Waals surface area contributed by atoms with Crippen LogP contribution < -0.4 is 5.32 Å². The van der Waals surface area contributed by atoms with Crippen LogP contribution in [-0.4, -0.2) is 25.5 Å². The van der Waals surface area contributed by atoms with Gasteiger partial charge in [-0.3, -0.25) is 9.48 Å². The van der Waals surface area contributed by atoms with E-state index in [-0.39, 0.29) is 5.91 Å². The van der Waals surface area contributed by atoms with Gasteiger partial charge < -0.3 is 5.32 Å². The highest BCUT2D eigenvalue weighted by Crippen LogP contribution is 2.17. The standard InChI is InChI=1S/C21H17Cl2N5O/c22-18-7-5-15(6-8-18)12-28-20(9-10-24-28)26-21(29)17-11-25-27(14-17)13-16-3-1-2-4-19(16)23/h1-11,14H,12-13H2,(H,26,29). The molecule has 1 amide bonds. The third kappa shape index (κ3) is 4.67. The van der Waals surface area contributed by atoms with Crippen LogP contribution in [0.5, 0.6) is 0 Å². The van der Waals surface area contributed by atoms with Crippen molar-refractivity contribution >= 4 is 34.9 Å². The van der Waals surface area contributed by atoms with E-state index in [1.807, 2.05) is 48.5 Å². The van der Waals surface area contributed by atoms with Crippen molar-refractivity contribution in [3.8, 4) is 0 Å². The van der Waals surface area contributed by atoms with Crippen molar-refractivity contribution in [2.75, 3.05) is 5.32 Å². The molecule has 6 nitrogen and oxygen atoms in total. The molecule has 8 heteroatoms. The highest BCUT2D eigenvalue weighted by Gasteiger charge is 2.13. The number of carbonyl (C=O) groups is 1. The molecule has 0 spiro atoms. The van der Waals surface area contributed by atoms with Crippen molar-refractivity contribution in [2.45, 2.75) is 13.1 Å². The monoisotopic (exact) mass is 425 g/mol. The van der Waals surface area contributed by atoms with Gasteiger partial charge in [-0.2, -0.15) is 10.2 Å². The van der Waals surface area contributed by atoms with Crippen molar-refractivity contribution in [1.82, 2.24) is 19.6 Å². The van der Waals surface area contributed by atoms with Gasteiger partial charge in [-0.25, -0.2) is 4.68 Å². The zero-order chi connectivity index (χ0) is 20.2. The van der Waals surface area contributed by atoms with Crippen LogP contribution in [0.25, 0.3) is 0 Å². The summed E-state index contributed by atoms with van der Waals surface area (Å²) in [4.78, 5) is 12.6. The Kier molecular flexibility index (Phi) is 5.64. The topological polar surface area (TPSA) is 64.7 Å². The van der Waals surface area contributed by atoms with E-state index < -0.39 is 0 Å². The smallest absolute Gasteiger partial charge is 0.259 e. The average molecular weight is 426 g/mol. The lowest BCUT2D eigenvalue weighted by atomic mass is 10.2. The second-order valence-electron chi connectivity index (χ2n) is 6.47. The van der Waals surface area contributed by atoms with Gasteiger partial charge in [-0.05, 0) is 29.3 Å². The van der Waals surface area contributed by atoms with Crippen LogP contribution in [0.15, 0.2) is 73.2 Å².